The van der Waals surface area contributed by atoms with Crippen LogP contribution in [0.15, 0.2) is 30.3 Å². The molecule has 0 radical (unpaired) electrons. The monoisotopic (exact) mass is 282 g/mol. The molecule has 0 saturated heterocycles. The Morgan fingerprint density at radius 3 is 2.00 bits per heavy atom. The standard InChI is InChI=1S/C19H26N2/c1-6-20-19(18-10-15(4)21-16(5)11-18)12-17-8-13(2)7-14(3)9-17/h7-11,19-20H,6,12H2,1-5H3. The Kier molecular flexibility index (Phi) is 5.13. The molecule has 2 nitrogen and oxygen atoms in total. The number of benzene rings is 1. The molecule has 2 aromatic rings. The number of aromatic nitrogens is 1. The maximum absolute atomic E-state index is 4.48. The molecule has 2 rings (SSSR count). The second-order valence-electron chi connectivity index (χ2n) is 5.99. The number of aryl methyl sites for hydroxylation is 4. The van der Waals surface area contributed by atoms with Gasteiger partial charge in [0.15, 0.2) is 0 Å². The zero-order chi connectivity index (χ0) is 15.4. The molecular weight excluding hydrogens is 256 g/mol. The van der Waals surface area contributed by atoms with E-state index in [1.807, 2.05) is 0 Å². The molecule has 0 saturated carbocycles. The summed E-state index contributed by atoms with van der Waals surface area (Å²) in [6.07, 6.45) is 1.01. The average molecular weight is 282 g/mol. The second-order valence-corrected chi connectivity index (χ2v) is 5.99. The van der Waals surface area contributed by atoms with Crippen molar-refractivity contribution in [2.75, 3.05) is 6.54 Å². The Labute approximate surface area is 128 Å². The molecule has 0 spiro atoms. The van der Waals surface area contributed by atoms with Crippen molar-refractivity contribution >= 4 is 0 Å². The van der Waals surface area contributed by atoms with Crippen LogP contribution in [-0.2, 0) is 6.42 Å². The summed E-state index contributed by atoms with van der Waals surface area (Å²) >= 11 is 0. The van der Waals surface area contributed by atoms with E-state index in [0.717, 1.165) is 24.4 Å². The molecule has 0 amide bonds. The topological polar surface area (TPSA) is 24.9 Å². The summed E-state index contributed by atoms with van der Waals surface area (Å²) in [6, 6.07) is 11.5. The van der Waals surface area contributed by atoms with E-state index >= 15 is 0 Å². The molecule has 1 aromatic carbocycles. The first-order chi connectivity index (χ1) is 9.97. The van der Waals surface area contributed by atoms with E-state index in [1.165, 1.54) is 22.3 Å². The zero-order valence-electron chi connectivity index (χ0n) is 13.8. The molecule has 0 aliphatic rings. The predicted octanol–water partition coefficient (Wildman–Crippen LogP) is 4.21. The van der Waals surface area contributed by atoms with E-state index < -0.39 is 0 Å². The van der Waals surface area contributed by atoms with Gasteiger partial charge in [-0.2, -0.15) is 0 Å². The number of rotatable bonds is 5. The quantitative estimate of drug-likeness (QED) is 0.888. The molecule has 2 heteroatoms. The van der Waals surface area contributed by atoms with Crippen LogP contribution < -0.4 is 5.32 Å². The lowest BCUT2D eigenvalue weighted by Gasteiger charge is -2.20. The van der Waals surface area contributed by atoms with Crippen molar-refractivity contribution in [3.05, 3.63) is 64.0 Å². The van der Waals surface area contributed by atoms with Crippen LogP contribution >= 0.6 is 0 Å². The van der Waals surface area contributed by atoms with E-state index in [0.29, 0.717) is 6.04 Å². The van der Waals surface area contributed by atoms with Gasteiger partial charge in [0.1, 0.15) is 0 Å². The Balaban J connectivity index is 2.30. The Bertz CT molecular complexity index is 576. The van der Waals surface area contributed by atoms with Gasteiger partial charge in [0, 0.05) is 17.4 Å². The van der Waals surface area contributed by atoms with Crippen molar-refractivity contribution in [2.45, 2.75) is 47.1 Å². The van der Waals surface area contributed by atoms with E-state index in [1.54, 1.807) is 0 Å². The number of likely N-dealkylation sites (N-methyl/N-ethyl adjacent to an activating group) is 1. The van der Waals surface area contributed by atoms with Crippen LogP contribution in [0.2, 0.25) is 0 Å². The van der Waals surface area contributed by atoms with Gasteiger partial charge in [0.2, 0.25) is 0 Å². The predicted molar refractivity (Wildman–Crippen MR) is 89.7 cm³/mol. The Morgan fingerprint density at radius 2 is 1.48 bits per heavy atom. The molecule has 0 aliphatic heterocycles. The SMILES string of the molecule is CCNC(Cc1cc(C)cc(C)c1)c1cc(C)nc(C)c1. The molecule has 21 heavy (non-hydrogen) atoms. The van der Waals surface area contributed by atoms with E-state index in [-0.39, 0.29) is 0 Å². The maximum atomic E-state index is 4.48. The summed E-state index contributed by atoms with van der Waals surface area (Å²) < 4.78 is 0. The lowest BCUT2D eigenvalue weighted by molar-refractivity contribution is 0.548. The van der Waals surface area contributed by atoms with Crippen LogP contribution in [0.25, 0.3) is 0 Å². The molecule has 0 aliphatic carbocycles. The van der Waals surface area contributed by atoms with E-state index in [4.69, 9.17) is 0 Å². The van der Waals surface area contributed by atoms with Crippen molar-refractivity contribution in [2.24, 2.45) is 0 Å². The van der Waals surface area contributed by atoms with Crippen molar-refractivity contribution in [3.63, 3.8) is 0 Å². The van der Waals surface area contributed by atoms with Crippen LogP contribution in [0.5, 0.6) is 0 Å². The van der Waals surface area contributed by atoms with Crippen molar-refractivity contribution in [1.29, 1.82) is 0 Å². The van der Waals surface area contributed by atoms with Gasteiger partial charge in [-0.25, -0.2) is 0 Å². The fourth-order valence-corrected chi connectivity index (χ4v) is 3.04. The molecule has 1 heterocycles. The third-order valence-corrected chi connectivity index (χ3v) is 3.68. The number of hydrogen-bond donors (Lipinski definition) is 1. The smallest absolute Gasteiger partial charge is 0.0379 e. The summed E-state index contributed by atoms with van der Waals surface area (Å²) in [6.45, 7) is 11.6. The summed E-state index contributed by atoms with van der Waals surface area (Å²) in [5.41, 5.74) is 7.58. The molecule has 112 valence electrons. The normalized spacial score (nSPS) is 12.4. The van der Waals surface area contributed by atoms with Crippen molar-refractivity contribution < 1.29 is 0 Å². The third kappa shape index (κ3) is 4.40. The zero-order valence-corrected chi connectivity index (χ0v) is 13.8. The molecular formula is C19H26N2. The minimum atomic E-state index is 0.344. The van der Waals surface area contributed by atoms with E-state index in [2.05, 4.69) is 75.3 Å². The van der Waals surface area contributed by atoms with Gasteiger partial charge >= 0.3 is 0 Å². The average Bonchev–Trinajstić information content (AvgIpc) is 2.35. The maximum Gasteiger partial charge on any atom is 0.0379 e. The number of nitrogens with one attached hydrogen (secondary N) is 1. The summed E-state index contributed by atoms with van der Waals surface area (Å²) in [5.74, 6) is 0. The first-order valence-electron chi connectivity index (χ1n) is 7.73. The van der Waals surface area contributed by atoms with E-state index in [9.17, 15) is 0 Å². The molecule has 1 N–H and O–H groups in total. The highest BCUT2D eigenvalue weighted by molar-refractivity contribution is 5.31. The van der Waals surface area contributed by atoms with Crippen LogP contribution in [-0.4, -0.2) is 11.5 Å². The highest BCUT2D eigenvalue weighted by Crippen LogP contribution is 2.21. The Hall–Kier alpha value is -1.67. The van der Waals surface area contributed by atoms with Gasteiger partial charge in [0.05, 0.1) is 0 Å². The largest absolute Gasteiger partial charge is 0.310 e. The van der Waals surface area contributed by atoms with Gasteiger partial charge < -0.3 is 5.32 Å². The summed E-state index contributed by atoms with van der Waals surface area (Å²) in [4.78, 5) is 4.48. The summed E-state index contributed by atoms with van der Waals surface area (Å²) in [7, 11) is 0. The fraction of sp³-hybridized carbons (Fsp3) is 0.421. The molecule has 0 bridgehead atoms. The molecule has 1 atom stereocenters. The molecule has 1 aromatic heterocycles. The lowest BCUT2D eigenvalue weighted by Crippen LogP contribution is -2.23. The first-order valence-corrected chi connectivity index (χ1v) is 7.73. The highest BCUT2D eigenvalue weighted by atomic mass is 14.9. The van der Waals surface area contributed by atoms with Gasteiger partial charge in [-0.05, 0) is 63.9 Å². The third-order valence-electron chi connectivity index (χ3n) is 3.68. The fourth-order valence-electron chi connectivity index (χ4n) is 3.04. The minimum absolute atomic E-state index is 0.344. The minimum Gasteiger partial charge on any atom is -0.310 e. The number of nitrogens with zero attached hydrogens (tertiary/aromatic N) is 1. The van der Waals surface area contributed by atoms with Crippen LogP contribution in [0.3, 0.4) is 0 Å². The second kappa shape index (κ2) is 6.86. The van der Waals surface area contributed by atoms with Crippen LogP contribution in [0.1, 0.15) is 46.6 Å². The molecule has 1 unspecified atom stereocenters. The number of hydrogen-bond acceptors (Lipinski definition) is 2. The van der Waals surface area contributed by atoms with Crippen LogP contribution in [0.4, 0.5) is 0 Å². The van der Waals surface area contributed by atoms with Crippen LogP contribution in [0, 0.1) is 27.7 Å². The van der Waals surface area contributed by atoms with Crippen molar-refractivity contribution in [3.8, 4) is 0 Å². The van der Waals surface area contributed by atoms with Gasteiger partial charge in [-0.3, -0.25) is 4.98 Å². The molecule has 0 fully saturated rings. The van der Waals surface area contributed by atoms with Crippen molar-refractivity contribution in [1.82, 2.24) is 10.3 Å². The first kappa shape index (κ1) is 15.7. The summed E-state index contributed by atoms with van der Waals surface area (Å²) in [5, 5.41) is 3.61. The Morgan fingerprint density at radius 1 is 0.905 bits per heavy atom. The lowest BCUT2D eigenvalue weighted by atomic mass is 9.96. The van der Waals surface area contributed by atoms with Gasteiger partial charge in [-0.1, -0.05) is 36.2 Å². The number of pyridine rings is 1. The highest BCUT2D eigenvalue weighted by Gasteiger charge is 2.13. The van der Waals surface area contributed by atoms with Gasteiger partial charge in [-0.15, -0.1) is 0 Å². The van der Waals surface area contributed by atoms with Gasteiger partial charge in [0.25, 0.3) is 0 Å².